The minimum Gasteiger partial charge on any atom is -0.451 e. The van der Waals surface area contributed by atoms with Gasteiger partial charge in [-0.2, -0.15) is 13.2 Å². The van der Waals surface area contributed by atoms with Gasteiger partial charge in [0.25, 0.3) is 11.6 Å². The number of anilines is 1. The number of carbonyl (C=O) groups excluding carboxylic acids is 2. The van der Waals surface area contributed by atoms with Crippen molar-refractivity contribution in [2.45, 2.75) is 6.18 Å². The summed E-state index contributed by atoms with van der Waals surface area (Å²) in [5, 5.41) is 12.8. The van der Waals surface area contributed by atoms with Gasteiger partial charge in [-0.05, 0) is 24.3 Å². The number of rotatable bonds is 5. The molecule has 0 aliphatic rings. The molecule has 3 aromatic rings. The second kappa shape index (κ2) is 8.06. The molecule has 1 amide bonds. The molecule has 30 heavy (non-hydrogen) atoms. The van der Waals surface area contributed by atoms with Crippen LogP contribution in [0.5, 0.6) is 0 Å². The van der Waals surface area contributed by atoms with Gasteiger partial charge in [-0.1, -0.05) is 6.07 Å². The van der Waals surface area contributed by atoms with Crippen LogP contribution in [0.4, 0.5) is 28.9 Å². The Morgan fingerprint density at radius 1 is 1.17 bits per heavy atom. The number of ether oxygens (including phenoxy) is 1. The van der Waals surface area contributed by atoms with Gasteiger partial charge in [-0.25, -0.2) is 9.18 Å². The third-order valence-corrected chi connectivity index (χ3v) is 4.92. The molecule has 1 N–H and O–H groups in total. The van der Waals surface area contributed by atoms with Gasteiger partial charge >= 0.3 is 12.1 Å². The largest absolute Gasteiger partial charge is 0.451 e. The van der Waals surface area contributed by atoms with Crippen LogP contribution in [0.2, 0.25) is 0 Å². The molecule has 0 saturated carbocycles. The molecular weight excluding hydrogens is 432 g/mol. The molecule has 0 saturated heterocycles. The summed E-state index contributed by atoms with van der Waals surface area (Å²) in [6.07, 6.45) is -4.97. The molecule has 0 fully saturated rings. The van der Waals surface area contributed by atoms with Crippen LogP contribution in [0, 0.1) is 15.9 Å². The molecule has 12 heteroatoms. The smallest absolute Gasteiger partial charge is 0.418 e. The zero-order chi connectivity index (χ0) is 22.1. The Morgan fingerprint density at radius 3 is 2.53 bits per heavy atom. The second-order valence-corrected chi connectivity index (χ2v) is 6.96. The molecule has 3 rings (SSSR count). The van der Waals surface area contributed by atoms with Gasteiger partial charge in [0.1, 0.15) is 10.7 Å². The van der Waals surface area contributed by atoms with Crippen LogP contribution in [0.15, 0.2) is 42.5 Å². The quantitative estimate of drug-likeness (QED) is 0.266. The number of hydrogen-bond acceptors (Lipinski definition) is 6. The van der Waals surface area contributed by atoms with Crippen LogP contribution in [-0.2, 0) is 15.7 Å². The van der Waals surface area contributed by atoms with Crippen molar-refractivity contribution in [3.8, 4) is 0 Å². The number of halogens is 4. The topological polar surface area (TPSA) is 98.5 Å². The van der Waals surface area contributed by atoms with E-state index in [9.17, 15) is 37.3 Å². The van der Waals surface area contributed by atoms with Crippen molar-refractivity contribution in [2.24, 2.45) is 0 Å². The van der Waals surface area contributed by atoms with Crippen molar-refractivity contribution in [1.29, 1.82) is 0 Å². The molecule has 0 spiro atoms. The summed E-state index contributed by atoms with van der Waals surface area (Å²) in [4.78, 5) is 33.7. The molecule has 156 valence electrons. The maximum atomic E-state index is 13.7. The van der Waals surface area contributed by atoms with E-state index in [1.807, 2.05) is 5.32 Å². The van der Waals surface area contributed by atoms with E-state index in [0.29, 0.717) is 4.70 Å². The zero-order valence-electron chi connectivity index (χ0n) is 14.7. The van der Waals surface area contributed by atoms with Crippen LogP contribution >= 0.6 is 11.3 Å². The summed E-state index contributed by atoms with van der Waals surface area (Å²) < 4.78 is 58.3. The average Bonchev–Trinajstić information content (AvgIpc) is 3.11. The Hall–Kier alpha value is -3.54. The molecule has 1 aromatic heterocycles. The van der Waals surface area contributed by atoms with E-state index in [2.05, 4.69) is 0 Å². The van der Waals surface area contributed by atoms with E-state index in [0.717, 1.165) is 23.5 Å². The van der Waals surface area contributed by atoms with E-state index in [1.54, 1.807) is 6.07 Å². The lowest BCUT2D eigenvalue weighted by molar-refractivity contribution is -0.385. The number of non-ortho nitro benzene ring substituents is 1. The fourth-order valence-electron chi connectivity index (χ4n) is 2.50. The Bertz CT molecular complexity index is 1160. The summed E-state index contributed by atoms with van der Waals surface area (Å²) in [6.45, 7) is -0.913. The van der Waals surface area contributed by atoms with Gasteiger partial charge in [-0.3, -0.25) is 14.9 Å². The van der Waals surface area contributed by atoms with Gasteiger partial charge in [0, 0.05) is 22.2 Å². The van der Waals surface area contributed by atoms with Crippen LogP contribution in [0.3, 0.4) is 0 Å². The predicted octanol–water partition coefficient (Wildman–Crippen LogP) is 4.76. The van der Waals surface area contributed by atoms with Crippen molar-refractivity contribution >= 4 is 44.7 Å². The SMILES string of the molecule is O=C(COC(=O)c1cc2c(F)cccc2s1)Nc1ccc([N+](=O)[O-])cc1C(F)(F)F. The first-order valence-electron chi connectivity index (χ1n) is 8.07. The van der Waals surface area contributed by atoms with Crippen molar-refractivity contribution in [2.75, 3.05) is 11.9 Å². The van der Waals surface area contributed by atoms with Crippen LogP contribution in [0.25, 0.3) is 10.1 Å². The third kappa shape index (κ3) is 4.54. The van der Waals surface area contributed by atoms with Gasteiger partial charge < -0.3 is 10.1 Å². The number of alkyl halides is 3. The number of hydrogen-bond donors (Lipinski definition) is 1. The molecule has 7 nitrogen and oxygen atoms in total. The lowest BCUT2D eigenvalue weighted by Gasteiger charge is -2.13. The molecule has 1 heterocycles. The first kappa shape index (κ1) is 21.2. The second-order valence-electron chi connectivity index (χ2n) is 5.87. The van der Waals surface area contributed by atoms with E-state index in [4.69, 9.17) is 4.74 Å². The standard InChI is InChI=1S/C18H10F4N2O5S/c19-12-2-1-3-14-10(12)7-15(30-14)17(26)29-8-16(25)23-13-5-4-9(24(27)28)6-11(13)18(20,21)22/h1-7H,8H2,(H,23,25). The summed E-state index contributed by atoms with van der Waals surface area (Å²) in [5.41, 5.74) is -2.95. The average molecular weight is 442 g/mol. The third-order valence-electron chi connectivity index (χ3n) is 3.84. The Labute approximate surface area is 169 Å². The fraction of sp³-hybridized carbons (Fsp3) is 0.111. The number of nitro groups is 1. The number of fused-ring (bicyclic) bond motifs is 1. The van der Waals surface area contributed by atoms with Crippen LogP contribution in [0.1, 0.15) is 15.2 Å². The van der Waals surface area contributed by atoms with Crippen molar-refractivity contribution in [3.63, 3.8) is 0 Å². The predicted molar refractivity (Wildman–Crippen MR) is 98.8 cm³/mol. The van der Waals surface area contributed by atoms with Gasteiger partial charge in [-0.15, -0.1) is 11.3 Å². The maximum absolute atomic E-state index is 13.7. The number of nitrogens with one attached hydrogen (secondary N) is 1. The Morgan fingerprint density at radius 2 is 1.90 bits per heavy atom. The first-order chi connectivity index (χ1) is 14.1. The number of amides is 1. The lowest BCUT2D eigenvalue weighted by Crippen LogP contribution is -2.22. The summed E-state index contributed by atoms with van der Waals surface area (Å²) >= 11 is 0.926. The highest BCUT2D eigenvalue weighted by Gasteiger charge is 2.35. The number of nitrogens with zero attached hydrogens (tertiary/aromatic N) is 1. The monoisotopic (exact) mass is 442 g/mol. The van der Waals surface area contributed by atoms with Crippen molar-refractivity contribution in [3.05, 3.63) is 68.8 Å². The highest BCUT2D eigenvalue weighted by atomic mass is 32.1. The Kier molecular flexibility index (Phi) is 5.69. The first-order valence-corrected chi connectivity index (χ1v) is 8.88. The van der Waals surface area contributed by atoms with Gasteiger partial charge in [0.2, 0.25) is 0 Å². The number of nitro benzene ring substituents is 1. The van der Waals surface area contributed by atoms with Crippen LogP contribution < -0.4 is 5.32 Å². The zero-order valence-corrected chi connectivity index (χ0v) is 15.5. The van der Waals surface area contributed by atoms with E-state index in [-0.39, 0.29) is 16.3 Å². The number of benzene rings is 2. The molecule has 0 bridgehead atoms. The number of carbonyl (C=O) groups is 2. The van der Waals surface area contributed by atoms with Gasteiger partial charge in [0.15, 0.2) is 6.61 Å². The van der Waals surface area contributed by atoms with Gasteiger partial charge in [0.05, 0.1) is 16.2 Å². The van der Waals surface area contributed by atoms with Crippen molar-refractivity contribution in [1.82, 2.24) is 0 Å². The minimum atomic E-state index is -4.97. The number of esters is 1. The molecular formula is C18H10F4N2O5S. The van der Waals surface area contributed by atoms with Crippen molar-refractivity contribution < 1.29 is 36.8 Å². The Balaban J connectivity index is 1.70. The molecule has 0 aliphatic heterocycles. The lowest BCUT2D eigenvalue weighted by atomic mass is 10.1. The van der Waals surface area contributed by atoms with E-state index in [1.165, 1.54) is 18.2 Å². The van der Waals surface area contributed by atoms with Crippen LogP contribution in [-0.4, -0.2) is 23.4 Å². The molecule has 0 unspecified atom stereocenters. The van der Waals surface area contributed by atoms with E-state index < -0.39 is 52.3 Å². The molecule has 2 aromatic carbocycles. The molecule has 0 radical (unpaired) electrons. The van der Waals surface area contributed by atoms with E-state index >= 15 is 0 Å². The molecule has 0 aliphatic carbocycles. The summed E-state index contributed by atoms with van der Waals surface area (Å²) in [6, 6.07) is 7.30. The highest BCUT2D eigenvalue weighted by molar-refractivity contribution is 7.20. The highest BCUT2D eigenvalue weighted by Crippen LogP contribution is 2.37. The fourth-order valence-corrected chi connectivity index (χ4v) is 3.47. The number of thiophene rings is 1. The molecule has 0 atom stereocenters. The summed E-state index contributed by atoms with van der Waals surface area (Å²) in [7, 11) is 0. The maximum Gasteiger partial charge on any atom is 0.418 e. The minimum absolute atomic E-state index is 0.00853. The summed E-state index contributed by atoms with van der Waals surface area (Å²) in [5.74, 6) is -2.58. The normalized spacial score (nSPS) is 11.3.